The molecule has 2 rings (SSSR count). The predicted octanol–water partition coefficient (Wildman–Crippen LogP) is 2.59. The molecule has 0 spiro atoms. The quantitative estimate of drug-likeness (QED) is 0.650. The highest BCUT2D eigenvalue weighted by atomic mass is 79.9. The van der Waals surface area contributed by atoms with E-state index in [0.29, 0.717) is 0 Å². The molecule has 2 aromatic rings. The molecular formula is C7H4BrNO. The van der Waals surface area contributed by atoms with Crippen LogP contribution in [-0.2, 0) is 0 Å². The van der Waals surface area contributed by atoms with Gasteiger partial charge in [-0.05, 0) is 18.2 Å². The number of nitrogens with zero attached hydrogens (tertiary/aromatic N) is 1. The first-order valence-electron chi connectivity index (χ1n) is 2.86. The summed E-state index contributed by atoms with van der Waals surface area (Å²) in [7, 11) is 0. The third kappa shape index (κ3) is 0.827. The minimum absolute atomic E-state index is 0.822. The largest absolute Gasteiger partial charge is 0.356 e. The molecule has 0 aliphatic heterocycles. The van der Waals surface area contributed by atoms with Gasteiger partial charge in [0.15, 0.2) is 5.58 Å². The van der Waals surface area contributed by atoms with Gasteiger partial charge in [-0.25, -0.2) is 0 Å². The topological polar surface area (TPSA) is 26.0 Å². The van der Waals surface area contributed by atoms with Crippen LogP contribution in [0.3, 0.4) is 0 Å². The van der Waals surface area contributed by atoms with Gasteiger partial charge in [0.1, 0.15) is 0 Å². The second-order valence-corrected chi connectivity index (χ2v) is 2.92. The zero-order valence-electron chi connectivity index (χ0n) is 5.04. The fourth-order valence-corrected chi connectivity index (χ4v) is 1.22. The molecule has 50 valence electrons. The summed E-state index contributed by atoms with van der Waals surface area (Å²) in [5.74, 6) is 0. The average molecular weight is 198 g/mol. The maximum Gasteiger partial charge on any atom is 0.166 e. The van der Waals surface area contributed by atoms with Crippen molar-refractivity contribution in [1.29, 1.82) is 0 Å². The molecule has 0 aliphatic carbocycles. The van der Waals surface area contributed by atoms with Crippen LogP contribution in [-0.4, -0.2) is 5.16 Å². The van der Waals surface area contributed by atoms with Crippen molar-refractivity contribution in [2.24, 2.45) is 0 Å². The van der Waals surface area contributed by atoms with Gasteiger partial charge in [0, 0.05) is 9.86 Å². The van der Waals surface area contributed by atoms with Crippen molar-refractivity contribution in [2.45, 2.75) is 0 Å². The van der Waals surface area contributed by atoms with Crippen LogP contribution < -0.4 is 0 Å². The molecule has 2 nitrogen and oxygen atoms in total. The fourth-order valence-electron chi connectivity index (χ4n) is 0.843. The average Bonchev–Trinajstić information content (AvgIpc) is 2.33. The Hall–Kier alpha value is -0.830. The predicted molar refractivity (Wildman–Crippen MR) is 41.7 cm³/mol. The molecule has 1 aromatic heterocycles. The highest BCUT2D eigenvalue weighted by molar-refractivity contribution is 9.10. The highest BCUT2D eigenvalue weighted by Gasteiger charge is 1.96. The standard InChI is InChI=1S/C7H4BrNO/c8-6-1-2-7-5(3-6)4-9-10-7/h1-4H. The van der Waals surface area contributed by atoms with Gasteiger partial charge in [-0.2, -0.15) is 0 Å². The van der Waals surface area contributed by atoms with Gasteiger partial charge in [0.25, 0.3) is 0 Å². The fraction of sp³-hybridized carbons (Fsp3) is 0. The van der Waals surface area contributed by atoms with E-state index < -0.39 is 0 Å². The SMILES string of the molecule is Brc1ccc2oncc2c1. The van der Waals surface area contributed by atoms with Crippen molar-refractivity contribution in [3.8, 4) is 0 Å². The van der Waals surface area contributed by atoms with Crippen LogP contribution in [0.1, 0.15) is 0 Å². The van der Waals surface area contributed by atoms with Gasteiger partial charge >= 0.3 is 0 Å². The maximum absolute atomic E-state index is 4.90. The van der Waals surface area contributed by atoms with Gasteiger partial charge in [-0.3, -0.25) is 0 Å². The third-order valence-electron chi connectivity index (χ3n) is 1.31. The minimum Gasteiger partial charge on any atom is -0.356 e. The highest BCUT2D eigenvalue weighted by Crippen LogP contribution is 2.18. The van der Waals surface area contributed by atoms with E-state index in [1.165, 1.54) is 0 Å². The molecule has 1 aromatic carbocycles. The zero-order chi connectivity index (χ0) is 6.97. The van der Waals surface area contributed by atoms with Crippen molar-refractivity contribution >= 4 is 26.9 Å². The van der Waals surface area contributed by atoms with Crippen LogP contribution in [0.5, 0.6) is 0 Å². The summed E-state index contributed by atoms with van der Waals surface area (Å²) < 4.78 is 5.95. The van der Waals surface area contributed by atoms with Gasteiger partial charge < -0.3 is 4.52 Å². The van der Waals surface area contributed by atoms with E-state index >= 15 is 0 Å². The third-order valence-corrected chi connectivity index (χ3v) is 1.81. The van der Waals surface area contributed by atoms with E-state index in [2.05, 4.69) is 21.1 Å². The summed E-state index contributed by atoms with van der Waals surface area (Å²) in [6.07, 6.45) is 1.69. The van der Waals surface area contributed by atoms with Crippen molar-refractivity contribution in [3.05, 3.63) is 28.9 Å². The molecule has 0 atom stereocenters. The summed E-state index contributed by atoms with van der Waals surface area (Å²) in [5.41, 5.74) is 0.822. The monoisotopic (exact) mass is 197 g/mol. The Balaban J connectivity index is 2.86. The number of fused-ring (bicyclic) bond motifs is 1. The molecule has 0 saturated heterocycles. The summed E-state index contributed by atoms with van der Waals surface area (Å²) in [5, 5.41) is 4.67. The van der Waals surface area contributed by atoms with Crippen molar-refractivity contribution in [1.82, 2.24) is 5.16 Å². The van der Waals surface area contributed by atoms with E-state index in [9.17, 15) is 0 Å². The van der Waals surface area contributed by atoms with Gasteiger partial charge in [0.2, 0.25) is 0 Å². The van der Waals surface area contributed by atoms with Gasteiger partial charge in [0.05, 0.1) is 6.20 Å². The number of hydrogen-bond acceptors (Lipinski definition) is 2. The van der Waals surface area contributed by atoms with Crippen molar-refractivity contribution in [2.75, 3.05) is 0 Å². The summed E-state index contributed by atoms with van der Waals surface area (Å²) >= 11 is 3.35. The Kier molecular flexibility index (Phi) is 1.24. The van der Waals surface area contributed by atoms with Crippen LogP contribution in [0.2, 0.25) is 0 Å². The molecule has 0 N–H and O–H groups in total. The minimum atomic E-state index is 0.822. The van der Waals surface area contributed by atoms with Crippen LogP contribution in [0.15, 0.2) is 33.4 Å². The molecule has 0 unspecified atom stereocenters. The Morgan fingerprint density at radius 3 is 3.20 bits per heavy atom. The van der Waals surface area contributed by atoms with Crippen LogP contribution >= 0.6 is 15.9 Å². The number of benzene rings is 1. The molecule has 0 radical (unpaired) electrons. The Bertz CT molecular complexity index is 355. The smallest absolute Gasteiger partial charge is 0.166 e. The molecule has 0 bridgehead atoms. The number of halogens is 1. The Morgan fingerprint density at radius 1 is 1.40 bits per heavy atom. The molecule has 0 amide bonds. The van der Waals surface area contributed by atoms with Crippen LogP contribution in [0, 0.1) is 0 Å². The van der Waals surface area contributed by atoms with E-state index in [1.54, 1.807) is 6.20 Å². The lowest BCUT2D eigenvalue weighted by atomic mass is 10.3. The first kappa shape index (κ1) is 5.92. The van der Waals surface area contributed by atoms with E-state index in [0.717, 1.165) is 15.4 Å². The molecule has 0 aliphatic rings. The van der Waals surface area contributed by atoms with Crippen LogP contribution in [0.4, 0.5) is 0 Å². The molecule has 3 heteroatoms. The summed E-state index contributed by atoms with van der Waals surface area (Å²) in [6.45, 7) is 0. The first-order chi connectivity index (χ1) is 4.86. The molecule has 10 heavy (non-hydrogen) atoms. The Morgan fingerprint density at radius 2 is 2.30 bits per heavy atom. The van der Waals surface area contributed by atoms with Crippen molar-refractivity contribution < 1.29 is 4.52 Å². The second kappa shape index (κ2) is 2.09. The summed E-state index contributed by atoms with van der Waals surface area (Å²) in [6, 6.07) is 5.77. The number of hydrogen-bond donors (Lipinski definition) is 0. The molecule has 0 fully saturated rings. The second-order valence-electron chi connectivity index (χ2n) is 2.01. The lowest BCUT2D eigenvalue weighted by molar-refractivity contribution is 0.456. The number of aromatic nitrogens is 1. The first-order valence-corrected chi connectivity index (χ1v) is 3.65. The number of rotatable bonds is 0. The lowest BCUT2D eigenvalue weighted by Crippen LogP contribution is -1.62. The molecular weight excluding hydrogens is 194 g/mol. The van der Waals surface area contributed by atoms with Crippen molar-refractivity contribution in [3.63, 3.8) is 0 Å². The van der Waals surface area contributed by atoms with E-state index in [4.69, 9.17) is 4.52 Å². The van der Waals surface area contributed by atoms with E-state index in [-0.39, 0.29) is 0 Å². The van der Waals surface area contributed by atoms with Gasteiger partial charge in [-0.1, -0.05) is 21.1 Å². The Labute approximate surface area is 65.9 Å². The zero-order valence-corrected chi connectivity index (χ0v) is 6.63. The maximum atomic E-state index is 4.90. The van der Waals surface area contributed by atoms with E-state index in [1.807, 2.05) is 18.2 Å². The normalized spacial score (nSPS) is 10.5. The van der Waals surface area contributed by atoms with Crippen LogP contribution in [0.25, 0.3) is 11.0 Å². The van der Waals surface area contributed by atoms with Gasteiger partial charge in [-0.15, -0.1) is 0 Å². The molecule has 0 saturated carbocycles. The lowest BCUT2D eigenvalue weighted by Gasteiger charge is -1.85. The summed E-state index contributed by atoms with van der Waals surface area (Å²) in [4.78, 5) is 0. The molecule has 1 heterocycles.